The minimum absolute atomic E-state index is 0.304. The van der Waals surface area contributed by atoms with Crippen LogP contribution in [0.15, 0.2) is 30.3 Å². The second kappa shape index (κ2) is 3.56. The number of rotatable bonds is 1. The lowest BCUT2D eigenvalue weighted by Gasteiger charge is -2.49. The molecule has 1 aromatic rings. The first-order valence-electron chi connectivity index (χ1n) is 6.70. The van der Waals surface area contributed by atoms with Crippen LogP contribution in [0.4, 0.5) is 0 Å². The van der Waals surface area contributed by atoms with Crippen LogP contribution in [0.3, 0.4) is 0 Å². The summed E-state index contributed by atoms with van der Waals surface area (Å²) in [5.74, 6) is 0.778. The molecule has 4 fully saturated rings. The highest BCUT2D eigenvalue weighted by atomic mass is 15.3. The summed E-state index contributed by atoms with van der Waals surface area (Å²) in [7, 11) is 0. The summed E-state index contributed by atoms with van der Waals surface area (Å²) in [6.07, 6.45) is 2.65. The molecule has 4 aliphatic rings. The lowest BCUT2D eigenvalue weighted by atomic mass is 9.68. The largest absolute Gasteiger partial charge is 0.301 e. The second-order valence-corrected chi connectivity index (χ2v) is 5.92. The van der Waals surface area contributed by atoms with Crippen LogP contribution in [0.1, 0.15) is 5.56 Å². The van der Waals surface area contributed by atoms with Gasteiger partial charge in [-0.15, -0.1) is 0 Å². The van der Waals surface area contributed by atoms with Crippen molar-refractivity contribution in [3.8, 4) is 0 Å². The quantitative estimate of drug-likeness (QED) is 0.715. The van der Waals surface area contributed by atoms with Crippen molar-refractivity contribution in [2.45, 2.75) is 5.41 Å². The Morgan fingerprint density at radius 3 is 2.24 bits per heavy atom. The monoisotopic (exact) mass is 227 g/mol. The van der Waals surface area contributed by atoms with Crippen molar-refractivity contribution in [2.24, 2.45) is 5.92 Å². The summed E-state index contributed by atoms with van der Waals surface area (Å²) in [5.41, 5.74) is 1.82. The van der Waals surface area contributed by atoms with E-state index in [9.17, 15) is 0 Å². The van der Waals surface area contributed by atoms with Crippen molar-refractivity contribution in [2.75, 3.05) is 39.3 Å². The van der Waals surface area contributed by atoms with Crippen LogP contribution in [0.2, 0.25) is 0 Å². The number of fused-ring (bicyclic) bond motifs is 1. The van der Waals surface area contributed by atoms with E-state index in [1.807, 2.05) is 0 Å². The number of hydrogen-bond donors (Lipinski definition) is 0. The molecule has 0 spiro atoms. The van der Waals surface area contributed by atoms with Gasteiger partial charge in [-0.25, -0.2) is 0 Å². The molecule has 4 saturated heterocycles. The summed E-state index contributed by atoms with van der Waals surface area (Å²) in [4.78, 5) is 5.34. The Kier molecular flexibility index (Phi) is 2.12. The highest BCUT2D eigenvalue weighted by Crippen LogP contribution is 2.41. The van der Waals surface area contributed by atoms with Crippen molar-refractivity contribution in [3.63, 3.8) is 0 Å². The summed E-state index contributed by atoms with van der Waals surface area (Å²) >= 11 is 0. The number of piperidine rings is 2. The zero-order chi connectivity index (χ0) is 11.3. The van der Waals surface area contributed by atoms with Crippen LogP contribution in [0, 0.1) is 12.3 Å². The van der Waals surface area contributed by atoms with Gasteiger partial charge in [0, 0.05) is 44.7 Å². The normalized spacial score (nSPS) is 43.6. The van der Waals surface area contributed by atoms with Crippen LogP contribution < -0.4 is 0 Å². The van der Waals surface area contributed by atoms with Crippen LogP contribution >= 0.6 is 0 Å². The second-order valence-electron chi connectivity index (χ2n) is 5.92. The van der Waals surface area contributed by atoms with Crippen LogP contribution in [0.5, 0.6) is 0 Å². The van der Waals surface area contributed by atoms with Crippen molar-refractivity contribution in [1.29, 1.82) is 0 Å². The SMILES string of the molecule is [CH]1C2CN3CCN(C2)CC1(c1ccccc1)C3. The first-order valence-corrected chi connectivity index (χ1v) is 6.70. The van der Waals surface area contributed by atoms with Gasteiger partial charge in [0.25, 0.3) is 0 Å². The van der Waals surface area contributed by atoms with Gasteiger partial charge in [-0.3, -0.25) is 0 Å². The van der Waals surface area contributed by atoms with Crippen LogP contribution in [-0.2, 0) is 5.41 Å². The lowest BCUT2D eigenvalue weighted by molar-refractivity contribution is 0.112. The molecule has 1 aromatic carbocycles. The fourth-order valence-corrected chi connectivity index (χ4v) is 4.03. The average molecular weight is 227 g/mol. The van der Waals surface area contributed by atoms with Crippen molar-refractivity contribution in [3.05, 3.63) is 42.3 Å². The van der Waals surface area contributed by atoms with Gasteiger partial charge in [0.15, 0.2) is 0 Å². The zero-order valence-corrected chi connectivity index (χ0v) is 10.2. The molecule has 5 rings (SSSR count). The topological polar surface area (TPSA) is 6.48 Å². The summed E-state index contributed by atoms with van der Waals surface area (Å²) < 4.78 is 0. The third-order valence-electron chi connectivity index (χ3n) is 4.63. The maximum Gasteiger partial charge on any atom is 0.0242 e. The van der Waals surface area contributed by atoms with Gasteiger partial charge < -0.3 is 9.80 Å². The molecule has 0 aromatic heterocycles. The molecule has 2 nitrogen and oxygen atoms in total. The molecule has 17 heavy (non-hydrogen) atoms. The van der Waals surface area contributed by atoms with E-state index in [-0.39, 0.29) is 0 Å². The molecule has 0 amide bonds. The predicted molar refractivity (Wildman–Crippen MR) is 68.8 cm³/mol. The number of hydrogen-bond acceptors (Lipinski definition) is 2. The molecule has 0 saturated carbocycles. The third kappa shape index (κ3) is 1.54. The highest BCUT2D eigenvalue weighted by molar-refractivity contribution is 5.34. The van der Waals surface area contributed by atoms with Gasteiger partial charge in [-0.05, 0) is 17.9 Å². The van der Waals surface area contributed by atoms with E-state index in [1.54, 1.807) is 0 Å². The Labute approximate surface area is 103 Å². The average Bonchev–Trinajstić information content (AvgIpc) is 2.57. The summed E-state index contributed by atoms with van der Waals surface area (Å²) in [6, 6.07) is 11.1. The van der Waals surface area contributed by atoms with Gasteiger partial charge >= 0.3 is 0 Å². The lowest BCUT2D eigenvalue weighted by Crippen LogP contribution is -2.57. The third-order valence-corrected chi connectivity index (χ3v) is 4.63. The van der Waals surface area contributed by atoms with E-state index in [0.717, 1.165) is 5.92 Å². The molecule has 2 heteroatoms. The highest BCUT2D eigenvalue weighted by Gasteiger charge is 2.48. The van der Waals surface area contributed by atoms with E-state index in [4.69, 9.17) is 0 Å². The van der Waals surface area contributed by atoms with Crippen LogP contribution in [0.25, 0.3) is 0 Å². The predicted octanol–water partition coefficient (Wildman–Crippen LogP) is 1.39. The van der Waals surface area contributed by atoms with E-state index in [0.29, 0.717) is 5.41 Å². The smallest absolute Gasteiger partial charge is 0.0242 e. The molecule has 0 N–H and O–H groups in total. The standard InChI is InChI=1S/C15H19N2/c1-2-4-14(5-3-1)15-8-13-9-16(11-15)6-7-17(10-13)12-15/h1-5,8,13H,6-7,9-12H2. The maximum absolute atomic E-state index is 2.67. The molecule has 4 heterocycles. The van der Waals surface area contributed by atoms with Gasteiger partial charge in [0.05, 0.1) is 0 Å². The number of benzene rings is 1. The van der Waals surface area contributed by atoms with E-state index in [1.165, 1.54) is 44.8 Å². The molecular formula is C15H19N2. The van der Waals surface area contributed by atoms with Gasteiger partial charge in [0.2, 0.25) is 0 Å². The van der Waals surface area contributed by atoms with E-state index < -0.39 is 0 Å². The molecule has 89 valence electrons. The molecule has 4 bridgehead atoms. The fraction of sp³-hybridized carbons (Fsp3) is 0.533. The Morgan fingerprint density at radius 1 is 0.941 bits per heavy atom. The maximum atomic E-state index is 2.67. The minimum atomic E-state index is 0.304. The van der Waals surface area contributed by atoms with Crippen LogP contribution in [-0.4, -0.2) is 49.1 Å². The van der Waals surface area contributed by atoms with Crippen molar-refractivity contribution >= 4 is 0 Å². The summed E-state index contributed by atoms with van der Waals surface area (Å²) in [6.45, 7) is 7.54. The van der Waals surface area contributed by atoms with Crippen molar-refractivity contribution in [1.82, 2.24) is 9.80 Å². The summed E-state index contributed by atoms with van der Waals surface area (Å²) in [5, 5.41) is 0. The van der Waals surface area contributed by atoms with Gasteiger partial charge in [-0.2, -0.15) is 0 Å². The first kappa shape index (κ1) is 10.1. The Morgan fingerprint density at radius 2 is 1.59 bits per heavy atom. The first-order chi connectivity index (χ1) is 8.34. The Hall–Kier alpha value is -0.860. The molecule has 2 atom stereocenters. The molecule has 4 aliphatic heterocycles. The van der Waals surface area contributed by atoms with E-state index >= 15 is 0 Å². The Bertz CT molecular complexity index is 398. The van der Waals surface area contributed by atoms with Gasteiger partial charge in [0.1, 0.15) is 0 Å². The fourth-order valence-electron chi connectivity index (χ4n) is 4.03. The van der Waals surface area contributed by atoms with Crippen molar-refractivity contribution < 1.29 is 0 Å². The zero-order valence-electron chi connectivity index (χ0n) is 10.2. The van der Waals surface area contributed by atoms with Gasteiger partial charge in [-0.1, -0.05) is 30.3 Å². The number of nitrogens with zero attached hydrogens (tertiary/aromatic N) is 2. The molecule has 0 aliphatic carbocycles. The Balaban J connectivity index is 1.78. The molecule has 2 unspecified atom stereocenters. The van der Waals surface area contributed by atoms with E-state index in [2.05, 4.69) is 46.6 Å². The molecular weight excluding hydrogens is 208 g/mol. The minimum Gasteiger partial charge on any atom is -0.301 e. The molecule has 1 radical (unpaired) electrons.